The van der Waals surface area contributed by atoms with Gasteiger partial charge in [0.1, 0.15) is 5.69 Å². The SMILES string of the molecule is CC(=O)NCc1cn(C2CC(CO)C2)nn1. The van der Waals surface area contributed by atoms with Crippen molar-refractivity contribution in [2.24, 2.45) is 5.92 Å². The third-order valence-corrected chi connectivity index (χ3v) is 2.92. The van der Waals surface area contributed by atoms with E-state index in [1.165, 1.54) is 6.92 Å². The number of hydrogen-bond donors (Lipinski definition) is 2. The highest BCUT2D eigenvalue weighted by Crippen LogP contribution is 2.36. The van der Waals surface area contributed by atoms with Crippen LogP contribution in [-0.2, 0) is 11.3 Å². The summed E-state index contributed by atoms with van der Waals surface area (Å²) in [6, 6.07) is 0.357. The van der Waals surface area contributed by atoms with Crippen LogP contribution in [0.25, 0.3) is 0 Å². The van der Waals surface area contributed by atoms with E-state index in [2.05, 4.69) is 15.6 Å². The minimum absolute atomic E-state index is 0.0708. The van der Waals surface area contributed by atoms with Crippen LogP contribution in [0.3, 0.4) is 0 Å². The predicted octanol–water partition coefficient (Wildman–Crippen LogP) is -0.142. The topological polar surface area (TPSA) is 80.0 Å². The summed E-state index contributed by atoms with van der Waals surface area (Å²) < 4.78 is 1.82. The molecule has 1 heterocycles. The van der Waals surface area contributed by atoms with Crippen LogP contribution in [0.5, 0.6) is 0 Å². The summed E-state index contributed by atoms with van der Waals surface area (Å²) in [5.41, 5.74) is 0.766. The van der Waals surface area contributed by atoms with Gasteiger partial charge in [-0.2, -0.15) is 0 Å². The number of aliphatic hydroxyl groups excluding tert-OH is 1. The first-order valence-corrected chi connectivity index (χ1v) is 5.45. The highest BCUT2D eigenvalue weighted by Gasteiger charge is 2.30. The number of amides is 1. The molecule has 16 heavy (non-hydrogen) atoms. The molecule has 0 aliphatic heterocycles. The molecular weight excluding hydrogens is 208 g/mol. The summed E-state index contributed by atoms with van der Waals surface area (Å²) in [6.45, 7) is 2.15. The van der Waals surface area contributed by atoms with E-state index in [4.69, 9.17) is 5.11 Å². The van der Waals surface area contributed by atoms with Crippen LogP contribution in [0.4, 0.5) is 0 Å². The molecule has 2 rings (SSSR count). The monoisotopic (exact) mass is 224 g/mol. The van der Waals surface area contributed by atoms with Crippen molar-refractivity contribution in [1.29, 1.82) is 0 Å². The summed E-state index contributed by atoms with van der Waals surface area (Å²) in [5, 5.41) is 19.6. The van der Waals surface area contributed by atoms with Gasteiger partial charge in [0.25, 0.3) is 0 Å². The van der Waals surface area contributed by atoms with Crippen LogP contribution in [0.1, 0.15) is 31.5 Å². The van der Waals surface area contributed by atoms with Crippen LogP contribution >= 0.6 is 0 Å². The predicted molar refractivity (Wildman–Crippen MR) is 56.4 cm³/mol. The fourth-order valence-electron chi connectivity index (χ4n) is 1.85. The lowest BCUT2D eigenvalue weighted by Gasteiger charge is -2.33. The summed E-state index contributed by atoms with van der Waals surface area (Å²) in [6.07, 6.45) is 3.77. The smallest absolute Gasteiger partial charge is 0.217 e. The van der Waals surface area contributed by atoms with Crippen molar-refractivity contribution in [1.82, 2.24) is 20.3 Å². The van der Waals surface area contributed by atoms with Gasteiger partial charge in [0.15, 0.2) is 0 Å². The third-order valence-electron chi connectivity index (χ3n) is 2.92. The van der Waals surface area contributed by atoms with Crippen molar-refractivity contribution >= 4 is 5.91 Å². The summed E-state index contributed by atoms with van der Waals surface area (Å²) in [5.74, 6) is 0.339. The van der Waals surface area contributed by atoms with E-state index >= 15 is 0 Å². The van der Waals surface area contributed by atoms with Gasteiger partial charge in [-0.3, -0.25) is 4.79 Å². The van der Waals surface area contributed by atoms with Gasteiger partial charge in [-0.15, -0.1) is 5.10 Å². The van der Waals surface area contributed by atoms with E-state index in [0.717, 1.165) is 18.5 Å². The van der Waals surface area contributed by atoms with E-state index in [1.807, 2.05) is 10.9 Å². The molecule has 1 fully saturated rings. The van der Waals surface area contributed by atoms with Crippen molar-refractivity contribution in [2.45, 2.75) is 32.4 Å². The molecule has 6 heteroatoms. The molecule has 0 aromatic carbocycles. The van der Waals surface area contributed by atoms with Gasteiger partial charge in [0, 0.05) is 13.5 Å². The molecule has 0 atom stereocenters. The third kappa shape index (κ3) is 2.38. The molecule has 2 N–H and O–H groups in total. The lowest BCUT2D eigenvalue weighted by molar-refractivity contribution is -0.119. The van der Waals surface area contributed by atoms with E-state index in [-0.39, 0.29) is 12.5 Å². The Morgan fingerprint density at radius 1 is 1.69 bits per heavy atom. The van der Waals surface area contributed by atoms with Gasteiger partial charge in [0.2, 0.25) is 5.91 Å². The molecule has 0 spiro atoms. The number of aliphatic hydroxyl groups is 1. The number of nitrogens with one attached hydrogen (secondary N) is 1. The number of carbonyl (C=O) groups excluding carboxylic acids is 1. The van der Waals surface area contributed by atoms with E-state index < -0.39 is 0 Å². The standard InChI is InChI=1S/C10H16N4O2/c1-7(16)11-4-9-5-14(13-12-9)10-2-8(3-10)6-15/h5,8,10,15H,2-4,6H2,1H3,(H,11,16). The van der Waals surface area contributed by atoms with E-state index in [1.54, 1.807) is 0 Å². The molecule has 0 unspecified atom stereocenters. The fraction of sp³-hybridized carbons (Fsp3) is 0.700. The lowest BCUT2D eigenvalue weighted by Crippen LogP contribution is -2.29. The van der Waals surface area contributed by atoms with Crippen molar-refractivity contribution in [3.05, 3.63) is 11.9 Å². The van der Waals surface area contributed by atoms with Crippen molar-refractivity contribution < 1.29 is 9.90 Å². The zero-order chi connectivity index (χ0) is 11.5. The molecule has 88 valence electrons. The van der Waals surface area contributed by atoms with Gasteiger partial charge >= 0.3 is 0 Å². The minimum Gasteiger partial charge on any atom is -0.396 e. The Kier molecular flexibility index (Phi) is 3.19. The van der Waals surface area contributed by atoms with Crippen LogP contribution in [-0.4, -0.2) is 32.6 Å². The molecular formula is C10H16N4O2. The maximum Gasteiger partial charge on any atom is 0.217 e. The summed E-state index contributed by atoms with van der Waals surface area (Å²) >= 11 is 0. The molecule has 6 nitrogen and oxygen atoms in total. The van der Waals surface area contributed by atoms with E-state index in [0.29, 0.717) is 18.5 Å². The number of nitrogens with zero attached hydrogens (tertiary/aromatic N) is 3. The number of carbonyl (C=O) groups is 1. The first-order valence-electron chi connectivity index (χ1n) is 5.45. The minimum atomic E-state index is -0.0708. The fourth-order valence-corrected chi connectivity index (χ4v) is 1.85. The molecule has 1 amide bonds. The second-order valence-corrected chi connectivity index (χ2v) is 4.27. The van der Waals surface area contributed by atoms with Crippen LogP contribution in [0.2, 0.25) is 0 Å². The highest BCUT2D eigenvalue weighted by atomic mass is 16.3. The molecule has 0 radical (unpaired) electrons. The second-order valence-electron chi connectivity index (χ2n) is 4.27. The molecule has 0 saturated heterocycles. The normalized spacial score (nSPS) is 23.9. The van der Waals surface area contributed by atoms with E-state index in [9.17, 15) is 4.79 Å². The largest absolute Gasteiger partial charge is 0.396 e. The highest BCUT2D eigenvalue weighted by molar-refractivity contribution is 5.72. The first kappa shape index (κ1) is 11.1. The molecule has 1 saturated carbocycles. The lowest BCUT2D eigenvalue weighted by atomic mass is 9.81. The van der Waals surface area contributed by atoms with Crippen molar-refractivity contribution in [2.75, 3.05) is 6.61 Å². The Morgan fingerprint density at radius 3 is 3.06 bits per heavy atom. The Hall–Kier alpha value is -1.43. The Balaban J connectivity index is 1.86. The van der Waals surface area contributed by atoms with Gasteiger partial charge in [-0.1, -0.05) is 5.21 Å². The zero-order valence-electron chi connectivity index (χ0n) is 9.26. The van der Waals surface area contributed by atoms with Crippen LogP contribution in [0, 0.1) is 5.92 Å². The molecule has 1 aliphatic rings. The maximum absolute atomic E-state index is 10.7. The average molecular weight is 224 g/mol. The Bertz CT molecular complexity index is 371. The zero-order valence-corrected chi connectivity index (χ0v) is 9.26. The molecule has 0 bridgehead atoms. The summed E-state index contributed by atoms with van der Waals surface area (Å²) in [4.78, 5) is 10.7. The number of rotatable bonds is 4. The van der Waals surface area contributed by atoms with Gasteiger partial charge < -0.3 is 10.4 Å². The average Bonchev–Trinajstić information content (AvgIpc) is 2.62. The molecule has 1 aliphatic carbocycles. The van der Waals surface area contributed by atoms with Gasteiger partial charge in [-0.05, 0) is 18.8 Å². The first-order chi connectivity index (χ1) is 7.69. The Labute approximate surface area is 93.6 Å². The molecule has 1 aromatic heterocycles. The van der Waals surface area contributed by atoms with Gasteiger partial charge in [0.05, 0.1) is 18.8 Å². The maximum atomic E-state index is 10.7. The Morgan fingerprint density at radius 2 is 2.44 bits per heavy atom. The second kappa shape index (κ2) is 4.61. The van der Waals surface area contributed by atoms with Crippen molar-refractivity contribution in [3.8, 4) is 0 Å². The number of hydrogen-bond acceptors (Lipinski definition) is 4. The quantitative estimate of drug-likeness (QED) is 0.746. The van der Waals surface area contributed by atoms with Crippen molar-refractivity contribution in [3.63, 3.8) is 0 Å². The van der Waals surface area contributed by atoms with Crippen LogP contribution in [0.15, 0.2) is 6.20 Å². The van der Waals surface area contributed by atoms with Crippen LogP contribution < -0.4 is 5.32 Å². The summed E-state index contributed by atoms with van der Waals surface area (Å²) in [7, 11) is 0. The molecule has 1 aromatic rings. The van der Waals surface area contributed by atoms with Gasteiger partial charge in [-0.25, -0.2) is 4.68 Å². The number of aromatic nitrogens is 3.